The number of hydrogen-bond donors (Lipinski definition) is 2. The van der Waals surface area contributed by atoms with E-state index in [-0.39, 0.29) is 24.0 Å². The first-order valence-corrected chi connectivity index (χ1v) is 9.52. The molecular weight excluding hydrogens is 445 g/mol. The van der Waals surface area contributed by atoms with Crippen molar-refractivity contribution in [2.24, 2.45) is 4.99 Å². The highest BCUT2D eigenvalue weighted by Crippen LogP contribution is 2.00. The maximum atomic E-state index is 5.37. The highest BCUT2D eigenvalue weighted by Gasteiger charge is 2.09. The molecular formula is C17H34IN7O. The zero-order valence-corrected chi connectivity index (χ0v) is 18.4. The van der Waals surface area contributed by atoms with E-state index in [2.05, 4.69) is 49.1 Å². The quantitative estimate of drug-likeness (QED) is 0.227. The molecule has 2 rings (SSSR count). The van der Waals surface area contributed by atoms with Gasteiger partial charge < -0.3 is 19.9 Å². The highest BCUT2D eigenvalue weighted by molar-refractivity contribution is 14.0. The van der Waals surface area contributed by atoms with Crippen LogP contribution in [0.3, 0.4) is 0 Å². The van der Waals surface area contributed by atoms with Crippen LogP contribution in [0.15, 0.2) is 11.3 Å². The van der Waals surface area contributed by atoms with Gasteiger partial charge in [-0.3, -0.25) is 9.89 Å². The van der Waals surface area contributed by atoms with E-state index in [4.69, 9.17) is 4.74 Å². The lowest BCUT2D eigenvalue weighted by molar-refractivity contribution is 0.0373. The van der Waals surface area contributed by atoms with Crippen molar-refractivity contribution in [2.45, 2.75) is 39.7 Å². The van der Waals surface area contributed by atoms with Crippen LogP contribution in [0.2, 0.25) is 0 Å². The summed E-state index contributed by atoms with van der Waals surface area (Å²) >= 11 is 0. The first kappa shape index (κ1) is 23.1. The summed E-state index contributed by atoms with van der Waals surface area (Å²) in [4.78, 5) is 7.14. The Balaban J connectivity index is 0.00000338. The zero-order valence-electron chi connectivity index (χ0n) is 16.1. The summed E-state index contributed by atoms with van der Waals surface area (Å²) in [6.07, 6.45) is 4.98. The van der Waals surface area contributed by atoms with Crippen LogP contribution in [0.25, 0.3) is 0 Å². The lowest BCUT2D eigenvalue weighted by Gasteiger charge is -2.26. The molecule has 0 aromatic carbocycles. The Labute approximate surface area is 174 Å². The van der Waals surface area contributed by atoms with E-state index in [1.807, 2.05) is 0 Å². The lowest BCUT2D eigenvalue weighted by Crippen LogP contribution is -2.39. The Morgan fingerprint density at radius 2 is 2.00 bits per heavy atom. The SMILES string of the molecule is CCNC(=NCCCCN1CCOCC1)NCCn1cnnc1CC.I. The second kappa shape index (κ2) is 14.2. The van der Waals surface area contributed by atoms with E-state index >= 15 is 0 Å². The van der Waals surface area contributed by atoms with Crippen molar-refractivity contribution in [1.29, 1.82) is 0 Å². The maximum Gasteiger partial charge on any atom is 0.191 e. The van der Waals surface area contributed by atoms with Gasteiger partial charge in [0.2, 0.25) is 0 Å². The number of ether oxygens (including phenoxy) is 1. The molecule has 1 aliphatic heterocycles. The predicted octanol–water partition coefficient (Wildman–Crippen LogP) is 1.13. The minimum atomic E-state index is 0. The lowest BCUT2D eigenvalue weighted by atomic mass is 10.3. The van der Waals surface area contributed by atoms with Crippen LogP contribution in [-0.4, -0.2) is 78.1 Å². The summed E-state index contributed by atoms with van der Waals surface area (Å²) in [7, 11) is 0. The first-order valence-electron chi connectivity index (χ1n) is 9.52. The van der Waals surface area contributed by atoms with E-state index in [0.717, 1.165) is 83.7 Å². The van der Waals surface area contributed by atoms with E-state index in [9.17, 15) is 0 Å². The number of unbranched alkanes of at least 4 members (excludes halogenated alkanes) is 1. The molecule has 9 heteroatoms. The van der Waals surface area contributed by atoms with Crippen LogP contribution in [0, 0.1) is 0 Å². The summed E-state index contributed by atoms with van der Waals surface area (Å²) in [6, 6.07) is 0. The van der Waals surface area contributed by atoms with Crippen molar-refractivity contribution < 1.29 is 4.74 Å². The Morgan fingerprint density at radius 1 is 1.19 bits per heavy atom. The predicted molar refractivity (Wildman–Crippen MR) is 115 cm³/mol. The molecule has 150 valence electrons. The second-order valence-corrected chi connectivity index (χ2v) is 6.14. The molecule has 0 spiro atoms. The number of nitrogens with zero attached hydrogens (tertiary/aromatic N) is 5. The van der Waals surface area contributed by atoms with Gasteiger partial charge in [0.15, 0.2) is 5.96 Å². The molecule has 1 aromatic heterocycles. The normalized spacial score (nSPS) is 15.5. The number of hydrogen-bond acceptors (Lipinski definition) is 5. The monoisotopic (exact) mass is 479 g/mol. The molecule has 0 radical (unpaired) electrons. The maximum absolute atomic E-state index is 5.37. The molecule has 1 fully saturated rings. The Hall–Kier alpha value is -0.940. The summed E-state index contributed by atoms with van der Waals surface area (Å²) in [5.41, 5.74) is 0. The molecule has 2 heterocycles. The van der Waals surface area contributed by atoms with Crippen LogP contribution in [-0.2, 0) is 17.7 Å². The van der Waals surface area contributed by atoms with Crippen molar-refractivity contribution in [3.05, 3.63) is 12.2 Å². The van der Waals surface area contributed by atoms with Gasteiger partial charge in [-0.2, -0.15) is 0 Å². The molecule has 1 aliphatic rings. The third kappa shape index (κ3) is 8.63. The highest BCUT2D eigenvalue weighted by atomic mass is 127. The van der Waals surface area contributed by atoms with E-state index in [0.29, 0.717) is 0 Å². The molecule has 1 aromatic rings. The Bertz CT molecular complexity index is 503. The number of rotatable bonds is 10. The summed E-state index contributed by atoms with van der Waals surface area (Å²) in [6.45, 7) is 12.6. The smallest absolute Gasteiger partial charge is 0.191 e. The average molecular weight is 479 g/mol. The van der Waals surface area contributed by atoms with Crippen LogP contribution in [0.1, 0.15) is 32.5 Å². The Kier molecular flexibility index (Phi) is 12.6. The number of aryl methyl sites for hydroxylation is 1. The standard InChI is InChI=1S/C17H33N7O.HI/c1-3-16-22-21-15-24(16)10-8-20-17(18-4-2)19-7-5-6-9-23-11-13-25-14-12-23;/h15H,3-14H2,1-2H3,(H2,18,19,20);1H. The third-order valence-electron chi connectivity index (χ3n) is 4.26. The molecule has 0 bridgehead atoms. The second-order valence-electron chi connectivity index (χ2n) is 6.14. The van der Waals surface area contributed by atoms with Gasteiger partial charge in [-0.05, 0) is 26.3 Å². The van der Waals surface area contributed by atoms with Gasteiger partial charge in [0.1, 0.15) is 12.2 Å². The molecule has 0 atom stereocenters. The summed E-state index contributed by atoms with van der Waals surface area (Å²) in [5, 5.41) is 14.8. The number of morpholine rings is 1. The van der Waals surface area contributed by atoms with Crippen LogP contribution >= 0.6 is 24.0 Å². The number of guanidine groups is 1. The van der Waals surface area contributed by atoms with Gasteiger partial charge in [-0.1, -0.05) is 6.92 Å². The fourth-order valence-electron chi connectivity index (χ4n) is 2.84. The topological polar surface area (TPSA) is 79.6 Å². The molecule has 0 saturated carbocycles. The zero-order chi connectivity index (χ0) is 17.7. The number of aliphatic imine (C=N–C) groups is 1. The van der Waals surface area contributed by atoms with Gasteiger partial charge >= 0.3 is 0 Å². The van der Waals surface area contributed by atoms with E-state index in [1.165, 1.54) is 6.42 Å². The van der Waals surface area contributed by atoms with Crippen molar-refractivity contribution >= 4 is 29.9 Å². The summed E-state index contributed by atoms with van der Waals surface area (Å²) < 4.78 is 7.46. The minimum absolute atomic E-state index is 0. The fourth-order valence-corrected chi connectivity index (χ4v) is 2.84. The summed E-state index contributed by atoms with van der Waals surface area (Å²) in [5.74, 6) is 1.91. The molecule has 2 N–H and O–H groups in total. The van der Waals surface area contributed by atoms with Gasteiger partial charge in [0.25, 0.3) is 0 Å². The molecule has 1 saturated heterocycles. The largest absolute Gasteiger partial charge is 0.379 e. The molecule has 0 aliphatic carbocycles. The molecule has 0 amide bonds. The van der Waals surface area contributed by atoms with Crippen molar-refractivity contribution in [3.8, 4) is 0 Å². The number of halogens is 1. The first-order chi connectivity index (χ1) is 12.3. The van der Waals surface area contributed by atoms with Gasteiger partial charge in [-0.25, -0.2) is 0 Å². The fraction of sp³-hybridized carbons (Fsp3) is 0.824. The van der Waals surface area contributed by atoms with Gasteiger partial charge in [0.05, 0.1) is 13.2 Å². The van der Waals surface area contributed by atoms with Crippen LogP contribution in [0.5, 0.6) is 0 Å². The molecule has 26 heavy (non-hydrogen) atoms. The van der Waals surface area contributed by atoms with E-state index < -0.39 is 0 Å². The van der Waals surface area contributed by atoms with E-state index in [1.54, 1.807) is 6.33 Å². The Morgan fingerprint density at radius 3 is 2.73 bits per heavy atom. The van der Waals surface area contributed by atoms with Crippen LogP contribution < -0.4 is 10.6 Å². The molecule has 0 unspecified atom stereocenters. The van der Waals surface area contributed by atoms with Crippen molar-refractivity contribution in [3.63, 3.8) is 0 Å². The number of nitrogens with one attached hydrogen (secondary N) is 2. The van der Waals surface area contributed by atoms with Crippen molar-refractivity contribution in [1.82, 2.24) is 30.3 Å². The van der Waals surface area contributed by atoms with Crippen molar-refractivity contribution in [2.75, 3.05) is 52.5 Å². The molecule has 8 nitrogen and oxygen atoms in total. The minimum Gasteiger partial charge on any atom is -0.379 e. The van der Waals surface area contributed by atoms with Gasteiger partial charge in [-0.15, -0.1) is 34.2 Å². The number of aromatic nitrogens is 3. The third-order valence-corrected chi connectivity index (χ3v) is 4.26. The average Bonchev–Trinajstić information content (AvgIpc) is 3.10. The van der Waals surface area contributed by atoms with Crippen LogP contribution in [0.4, 0.5) is 0 Å². The van der Waals surface area contributed by atoms with Gasteiger partial charge in [0, 0.05) is 45.7 Å².